The monoisotopic (exact) mass is 356 g/mol. The third-order valence-electron chi connectivity index (χ3n) is 3.88. The third kappa shape index (κ3) is 5.28. The molecule has 0 bridgehead atoms. The Morgan fingerprint density at radius 3 is 2.50 bits per heavy atom. The van der Waals surface area contributed by atoms with Gasteiger partial charge in [-0.15, -0.1) is 12.4 Å². The topological polar surface area (TPSA) is 50.8 Å². The maximum atomic E-state index is 12.8. The van der Waals surface area contributed by atoms with Crippen molar-refractivity contribution in [2.24, 2.45) is 0 Å². The molecule has 0 saturated carbocycles. The molecule has 0 radical (unpaired) electrons. The summed E-state index contributed by atoms with van der Waals surface area (Å²) in [5, 5.41) is 3.30. The molecule has 1 heterocycles. The number of carbonyl (C=O) groups excluding carboxylic acids is 1. The molecule has 0 spiro atoms. The van der Waals surface area contributed by atoms with E-state index in [2.05, 4.69) is 26.1 Å². The van der Waals surface area contributed by atoms with E-state index in [0.717, 1.165) is 32.5 Å². The molecule has 1 aromatic carbocycles. The fourth-order valence-corrected chi connectivity index (χ4v) is 2.61. The minimum absolute atomic E-state index is 0. The first kappa shape index (κ1) is 20.6. The number of carbonyl (C=O) groups is 1. The second-order valence-corrected chi connectivity index (χ2v) is 5.91. The number of nitrogens with zero attached hydrogens (tertiary/aromatic N) is 1. The van der Waals surface area contributed by atoms with E-state index in [1.807, 2.05) is 23.1 Å². The summed E-state index contributed by atoms with van der Waals surface area (Å²) in [6, 6.07) is 5.70. The number of benzene rings is 1. The van der Waals surface area contributed by atoms with Gasteiger partial charge in [-0.3, -0.25) is 4.79 Å². The quantitative estimate of drug-likeness (QED) is 0.815. The molecule has 1 atom stereocenters. The standard InChI is InChI=1S/C18H28N2O3.ClH/c1-4-10-22-16-7-6-15(12-17(16)23-11-5-2)18(21)20-9-8-19-13-14(20)3;/h6-7,12,14,19H,4-5,8-11,13H2,1-3H3;1H/t14-;/m0./s1. The van der Waals surface area contributed by atoms with Gasteiger partial charge in [0.25, 0.3) is 5.91 Å². The highest BCUT2D eigenvalue weighted by molar-refractivity contribution is 5.95. The Bertz CT molecular complexity index is 525. The fraction of sp³-hybridized carbons (Fsp3) is 0.611. The van der Waals surface area contributed by atoms with Crippen LogP contribution >= 0.6 is 12.4 Å². The highest BCUT2D eigenvalue weighted by Gasteiger charge is 2.24. The van der Waals surface area contributed by atoms with Crippen LogP contribution in [0.5, 0.6) is 11.5 Å². The zero-order valence-electron chi connectivity index (χ0n) is 14.8. The van der Waals surface area contributed by atoms with Crippen molar-refractivity contribution in [3.63, 3.8) is 0 Å². The van der Waals surface area contributed by atoms with Crippen LogP contribution in [0.4, 0.5) is 0 Å². The van der Waals surface area contributed by atoms with Crippen molar-refractivity contribution in [3.8, 4) is 11.5 Å². The first-order chi connectivity index (χ1) is 11.2. The van der Waals surface area contributed by atoms with E-state index in [1.165, 1.54) is 0 Å². The number of piperazine rings is 1. The summed E-state index contributed by atoms with van der Waals surface area (Å²) >= 11 is 0. The summed E-state index contributed by atoms with van der Waals surface area (Å²) < 4.78 is 11.5. The van der Waals surface area contributed by atoms with E-state index in [0.29, 0.717) is 30.3 Å². The van der Waals surface area contributed by atoms with E-state index in [4.69, 9.17) is 9.47 Å². The lowest BCUT2D eigenvalue weighted by Crippen LogP contribution is -2.52. The highest BCUT2D eigenvalue weighted by atomic mass is 35.5. The summed E-state index contributed by atoms with van der Waals surface area (Å²) in [4.78, 5) is 14.7. The lowest BCUT2D eigenvalue weighted by molar-refractivity contribution is 0.0655. The second-order valence-electron chi connectivity index (χ2n) is 5.91. The molecule has 1 aliphatic heterocycles. The van der Waals surface area contributed by atoms with Gasteiger partial charge in [0.05, 0.1) is 13.2 Å². The van der Waals surface area contributed by atoms with Crippen LogP contribution in [-0.4, -0.2) is 49.7 Å². The highest BCUT2D eigenvalue weighted by Crippen LogP contribution is 2.29. The number of nitrogens with one attached hydrogen (secondary N) is 1. The van der Waals surface area contributed by atoms with Crippen molar-refractivity contribution in [1.82, 2.24) is 10.2 Å². The Balaban J connectivity index is 0.00000288. The minimum atomic E-state index is 0. The van der Waals surface area contributed by atoms with Gasteiger partial charge >= 0.3 is 0 Å². The summed E-state index contributed by atoms with van der Waals surface area (Å²) in [7, 11) is 0. The molecule has 1 amide bonds. The van der Waals surface area contributed by atoms with Gasteiger partial charge in [-0.25, -0.2) is 0 Å². The molecule has 1 fully saturated rings. The number of hydrogen-bond donors (Lipinski definition) is 1. The molecular formula is C18H29ClN2O3. The summed E-state index contributed by atoms with van der Waals surface area (Å²) in [6.07, 6.45) is 1.85. The van der Waals surface area contributed by atoms with Gasteiger partial charge in [0, 0.05) is 31.2 Å². The van der Waals surface area contributed by atoms with Crippen molar-refractivity contribution in [2.45, 2.75) is 39.7 Å². The van der Waals surface area contributed by atoms with Crippen LogP contribution in [0, 0.1) is 0 Å². The molecule has 0 unspecified atom stereocenters. The molecule has 1 aromatic rings. The molecule has 0 aliphatic carbocycles. The first-order valence-electron chi connectivity index (χ1n) is 8.58. The molecule has 5 nitrogen and oxygen atoms in total. The third-order valence-corrected chi connectivity index (χ3v) is 3.88. The number of amides is 1. The van der Waals surface area contributed by atoms with Crippen molar-refractivity contribution >= 4 is 18.3 Å². The maximum Gasteiger partial charge on any atom is 0.254 e. The number of hydrogen-bond acceptors (Lipinski definition) is 4. The van der Waals surface area contributed by atoms with Crippen LogP contribution in [0.2, 0.25) is 0 Å². The van der Waals surface area contributed by atoms with E-state index < -0.39 is 0 Å². The van der Waals surface area contributed by atoms with Crippen molar-refractivity contribution < 1.29 is 14.3 Å². The van der Waals surface area contributed by atoms with Crippen LogP contribution < -0.4 is 14.8 Å². The van der Waals surface area contributed by atoms with E-state index in [-0.39, 0.29) is 24.4 Å². The Kier molecular flexibility index (Phi) is 8.93. The van der Waals surface area contributed by atoms with E-state index in [1.54, 1.807) is 0 Å². The van der Waals surface area contributed by atoms with Crippen molar-refractivity contribution in [2.75, 3.05) is 32.8 Å². The molecule has 2 rings (SSSR count). The van der Waals surface area contributed by atoms with Crippen LogP contribution in [-0.2, 0) is 0 Å². The van der Waals surface area contributed by atoms with Gasteiger partial charge in [0.2, 0.25) is 0 Å². The molecule has 1 aliphatic rings. The molecule has 1 N–H and O–H groups in total. The lowest BCUT2D eigenvalue weighted by Gasteiger charge is -2.34. The zero-order valence-corrected chi connectivity index (χ0v) is 15.7. The summed E-state index contributed by atoms with van der Waals surface area (Å²) in [6.45, 7) is 9.86. The number of ether oxygens (including phenoxy) is 2. The largest absolute Gasteiger partial charge is 0.490 e. The SMILES string of the molecule is CCCOc1ccc(C(=O)N2CCNC[C@@H]2C)cc1OCCC.Cl. The normalized spacial score (nSPS) is 17.1. The van der Waals surface area contributed by atoms with Crippen LogP contribution in [0.3, 0.4) is 0 Å². The molecule has 1 saturated heterocycles. The lowest BCUT2D eigenvalue weighted by atomic mass is 10.1. The molecular weight excluding hydrogens is 328 g/mol. The average Bonchev–Trinajstić information content (AvgIpc) is 2.58. The van der Waals surface area contributed by atoms with Crippen LogP contribution in [0.25, 0.3) is 0 Å². The van der Waals surface area contributed by atoms with E-state index >= 15 is 0 Å². The Hall–Kier alpha value is -1.46. The van der Waals surface area contributed by atoms with Gasteiger partial charge in [-0.2, -0.15) is 0 Å². The molecule has 24 heavy (non-hydrogen) atoms. The Morgan fingerprint density at radius 1 is 1.21 bits per heavy atom. The van der Waals surface area contributed by atoms with Crippen LogP contribution in [0.1, 0.15) is 44.0 Å². The van der Waals surface area contributed by atoms with Gasteiger partial charge in [-0.05, 0) is 38.0 Å². The Morgan fingerprint density at radius 2 is 1.88 bits per heavy atom. The van der Waals surface area contributed by atoms with Gasteiger partial charge in [-0.1, -0.05) is 13.8 Å². The maximum absolute atomic E-state index is 12.8. The van der Waals surface area contributed by atoms with E-state index in [9.17, 15) is 4.79 Å². The fourth-order valence-electron chi connectivity index (χ4n) is 2.61. The average molecular weight is 357 g/mol. The molecule has 136 valence electrons. The Labute approximate surface area is 151 Å². The second kappa shape index (κ2) is 10.4. The van der Waals surface area contributed by atoms with Crippen molar-refractivity contribution in [3.05, 3.63) is 23.8 Å². The zero-order chi connectivity index (χ0) is 16.7. The number of halogens is 1. The first-order valence-corrected chi connectivity index (χ1v) is 8.58. The minimum Gasteiger partial charge on any atom is -0.490 e. The van der Waals surface area contributed by atoms with Crippen molar-refractivity contribution in [1.29, 1.82) is 0 Å². The number of rotatable bonds is 7. The predicted octanol–water partition coefficient (Wildman–Crippen LogP) is 3.12. The van der Waals surface area contributed by atoms with Gasteiger partial charge < -0.3 is 19.7 Å². The molecule has 6 heteroatoms. The van der Waals surface area contributed by atoms with Gasteiger partial charge in [0.1, 0.15) is 0 Å². The summed E-state index contributed by atoms with van der Waals surface area (Å²) in [5.41, 5.74) is 0.661. The molecule has 0 aromatic heterocycles. The van der Waals surface area contributed by atoms with Crippen LogP contribution in [0.15, 0.2) is 18.2 Å². The summed E-state index contributed by atoms with van der Waals surface area (Å²) in [5.74, 6) is 1.43. The van der Waals surface area contributed by atoms with Gasteiger partial charge in [0.15, 0.2) is 11.5 Å². The smallest absolute Gasteiger partial charge is 0.254 e. The predicted molar refractivity (Wildman–Crippen MR) is 98.6 cm³/mol.